The number of rotatable bonds is 7. The monoisotopic (exact) mass is 366 g/mol. The number of hydrogen-bond donors (Lipinski definition) is 1. The molecule has 0 bridgehead atoms. The standard InChI is InChI=1S/C20H26N6O/c1-27-18-6-4-16(5-7-18)3-2-13-25-14-12-22-20(25)19-15-26(24-23-19)17-8-10-21-11-9-17/h4-7,12,14-15,17,21H,2-3,8-11,13H2,1H3. The van der Waals surface area contributed by atoms with Crippen molar-refractivity contribution < 1.29 is 4.74 Å². The van der Waals surface area contributed by atoms with Crippen molar-refractivity contribution in [2.24, 2.45) is 0 Å². The van der Waals surface area contributed by atoms with Crippen LogP contribution in [0.4, 0.5) is 0 Å². The summed E-state index contributed by atoms with van der Waals surface area (Å²) < 4.78 is 9.39. The molecule has 1 saturated heterocycles. The number of benzene rings is 1. The summed E-state index contributed by atoms with van der Waals surface area (Å²) in [7, 11) is 1.69. The summed E-state index contributed by atoms with van der Waals surface area (Å²) in [5.41, 5.74) is 2.16. The van der Waals surface area contributed by atoms with Gasteiger partial charge in [-0.05, 0) is 56.5 Å². The zero-order chi connectivity index (χ0) is 18.5. The Bertz CT molecular complexity index is 847. The number of aromatic nitrogens is 5. The Morgan fingerprint density at radius 3 is 2.78 bits per heavy atom. The molecule has 1 N–H and O–H groups in total. The zero-order valence-electron chi connectivity index (χ0n) is 15.7. The molecule has 0 atom stereocenters. The lowest BCUT2D eigenvalue weighted by molar-refractivity contribution is 0.337. The van der Waals surface area contributed by atoms with Crippen LogP contribution in [0.25, 0.3) is 11.5 Å². The fourth-order valence-electron chi connectivity index (χ4n) is 3.60. The van der Waals surface area contributed by atoms with Gasteiger partial charge in [0.2, 0.25) is 0 Å². The lowest BCUT2D eigenvalue weighted by Gasteiger charge is -2.22. The molecular weight excluding hydrogens is 340 g/mol. The van der Waals surface area contributed by atoms with Gasteiger partial charge in [-0.25, -0.2) is 9.67 Å². The van der Waals surface area contributed by atoms with Crippen LogP contribution in [0.3, 0.4) is 0 Å². The van der Waals surface area contributed by atoms with E-state index in [1.807, 2.05) is 35.4 Å². The highest BCUT2D eigenvalue weighted by Crippen LogP contribution is 2.21. The number of nitrogens with zero attached hydrogens (tertiary/aromatic N) is 5. The second kappa shape index (κ2) is 8.35. The van der Waals surface area contributed by atoms with Crippen molar-refractivity contribution in [3.05, 3.63) is 48.4 Å². The van der Waals surface area contributed by atoms with E-state index in [2.05, 4.69) is 37.3 Å². The summed E-state index contributed by atoms with van der Waals surface area (Å²) in [6.45, 7) is 2.99. The van der Waals surface area contributed by atoms with Crippen molar-refractivity contribution in [3.8, 4) is 17.3 Å². The van der Waals surface area contributed by atoms with E-state index in [0.717, 1.165) is 62.6 Å². The molecule has 0 radical (unpaired) electrons. The molecule has 0 amide bonds. The van der Waals surface area contributed by atoms with Crippen LogP contribution in [0.15, 0.2) is 42.9 Å². The second-order valence-corrected chi connectivity index (χ2v) is 6.96. The maximum atomic E-state index is 5.21. The summed E-state index contributed by atoms with van der Waals surface area (Å²) in [4.78, 5) is 4.51. The molecule has 3 aromatic rings. The lowest BCUT2D eigenvalue weighted by Crippen LogP contribution is -2.29. The molecule has 142 valence electrons. The van der Waals surface area contributed by atoms with E-state index < -0.39 is 0 Å². The van der Waals surface area contributed by atoms with Gasteiger partial charge in [0.1, 0.15) is 11.4 Å². The molecule has 0 spiro atoms. The van der Waals surface area contributed by atoms with Crippen molar-refractivity contribution in [3.63, 3.8) is 0 Å². The zero-order valence-corrected chi connectivity index (χ0v) is 15.7. The summed E-state index contributed by atoms with van der Waals surface area (Å²) in [6.07, 6.45) is 10.1. The summed E-state index contributed by atoms with van der Waals surface area (Å²) in [6, 6.07) is 8.70. The molecule has 1 aromatic carbocycles. The van der Waals surface area contributed by atoms with Gasteiger partial charge >= 0.3 is 0 Å². The van der Waals surface area contributed by atoms with E-state index in [-0.39, 0.29) is 0 Å². The maximum Gasteiger partial charge on any atom is 0.162 e. The Morgan fingerprint density at radius 2 is 2.00 bits per heavy atom. The van der Waals surface area contributed by atoms with E-state index in [1.54, 1.807) is 7.11 Å². The molecule has 7 nitrogen and oxygen atoms in total. The first-order valence-electron chi connectivity index (χ1n) is 9.60. The largest absolute Gasteiger partial charge is 0.497 e. The Morgan fingerprint density at radius 1 is 1.19 bits per heavy atom. The molecule has 0 saturated carbocycles. The predicted octanol–water partition coefficient (Wildman–Crippen LogP) is 2.71. The Hall–Kier alpha value is -2.67. The molecule has 4 rings (SSSR count). The van der Waals surface area contributed by atoms with Gasteiger partial charge in [0.05, 0.1) is 19.3 Å². The van der Waals surface area contributed by atoms with Gasteiger partial charge in [-0.15, -0.1) is 5.10 Å². The first-order valence-corrected chi connectivity index (χ1v) is 9.60. The van der Waals surface area contributed by atoms with Crippen LogP contribution in [0, 0.1) is 0 Å². The van der Waals surface area contributed by atoms with Gasteiger partial charge in [-0.2, -0.15) is 0 Å². The maximum absolute atomic E-state index is 5.21. The van der Waals surface area contributed by atoms with Crippen LogP contribution in [0.2, 0.25) is 0 Å². The third-order valence-electron chi connectivity index (χ3n) is 5.16. The lowest BCUT2D eigenvalue weighted by atomic mass is 10.1. The Labute approximate surface area is 159 Å². The van der Waals surface area contributed by atoms with Gasteiger partial charge < -0.3 is 14.6 Å². The summed E-state index contributed by atoms with van der Waals surface area (Å²) in [5, 5.41) is 12.1. The minimum atomic E-state index is 0.436. The molecular formula is C20H26N6O. The molecule has 0 unspecified atom stereocenters. The highest BCUT2D eigenvalue weighted by atomic mass is 16.5. The second-order valence-electron chi connectivity index (χ2n) is 6.96. The summed E-state index contributed by atoms with van der Waals surface area (Å²) >= 11 is 0. The summed E-state index contributed by atoms with van der Waals surface area (Å²) in [5.74, 6) is 1.79. The highest BCUT2D eigenvalue weighted by Gasteiger charge is 2.18. The minimum Gasteiger partial charge on any atom is -0.497 e. The Balaban J connectivity index is 1.38. The normalized spacial score (nSPS) is 15.1. The van der Waals surface area contributed by atoms with E-state index in [9.17, 15) is 0 Å². The van der Waals surface area contributed by atoms with Crippen LogP contribution in [0.1, 0.15) is 30.9 Å². The first-order chi connectivity index (χ1) is 13.3. The van der Waals surface area contributed by atoms with E-state index >= 15 is 0 Å². The SMILES string of the molecule is COc1ccc(CCCn2ccnc2-c2cn(C3CCNCC3)nn2)cc1. The number of hydrogen-bond acceptors (Lipinski definition) is 5. The van der Waals surface area contributed by atoms with Gasteiger partial charge in [0.15, 0.2) is 5.82 Å². The van der Waals surface area contributed by atoms with Gasteiger partial charge in [-0.1, -0.05) is 17.3 Å². The van der Waals surface area contributed by atoms with Crippen LogP contribution in [-0.2, 0) is 13.0 Å². The minimum absolute atomic E-state index is 0.436. The quantitative estimate of drug-likeness (QED) is 0.696. The van der Waals surface area contributed by atoms with Gasteiger partial charge in [0, 0.05) is 18.9 Å². The number of piperidine rings is 1. The van der Waals surface area contributed by atoms with Crippen molar-refractivity contribution in [2.45, 2.75) is 38.3 Å². The average Bonchev–Trinajstić information content (AvgIpc) is 3.38. The smallest absolute Gasteiger partial charge is 0.162 e. The van der Waals surface area contributed by atoms with Crippen molar-refractivity contribution in [2.75, 3.05) is 20.2 Å². The fraction of sp³-hybridized carbons (Fsp3) is 0.450. The van der Waals surface area contributed by atoms with Crippen molar-refractivity contribution in [1.82, 2.24) is 29.9 Å². The molecule has 0 aliphatic carbocycles. The third kappa shape index (κ3) is 4.19. The number of imidazole rings is 1. The molecule has 2 aromatic heterocycles. The van der Waals surface area contributed by atoms with Crippen LogP contribution in [0.5, 0.6) is 5.75 Å². The van der Waals surface area contributed by atoms with Crippen LogP contribution < -0.4 is 10.1 Å². The number of aryl methyl sites for hydroxylation is 2. The number of methoxy groups -OCH3 is 1. The fourth-order valence-corrected chi connectivity index (χ4v) is 3.60. The Kier molecular flexibility index (Phi) is 5.48. The van der Waals surface area contributed by atoms with E-state index in [4.69, 9.17) is 4.74 Å². The van der Waals surface area contributed by atoms with Crippen LogP contribution >= 0.6 is 0 Å². The van der Waals surface area contributed by atoms with Crippen molar-refractivity contribution in [1.29, 1.82) is 0 Å². The molecule has 1 aliphatic heterocycles. The topological polar surface area (TPSA) is 69.8 Å². The van der Waals surface area contributed by atoms with Crippen molar-refractivity contribution >= 4 is 0 Å². The van der Waals surface area contributed by atoms with Gasteiger partial charge in [0.25, 0.3) is 0 Å². The van der Waals surface area contributed by atoms with Crippen LogP contribution in [-0.4, -0.2) is 44.7 Å². The predicted molar refractivity (Wildman–Crippen MR) is 104 cm³/mol. The van der Waals surface area contributed by atoms with E-state index in [0.29, 0.717) is 6.04 Å². The molecule has 1 fully saturated rings. The molecule has 27 heavy (non-hydrogen) atoms. The highest BCUT2D eigenvalue weighted by molar-refractivity contribution is 5.47. The first kappa shape index (κ1) is 17.7. The number of nitrogens with one attached hydrogen (secondary N) is 1. The molecule has 7 heteroatoms. The average molecular weight is 366 g/mol. The molecule has 3 heterocycles. The third-order valence-corrected chi connectivity index (χ3v) is 5.16. The van der Waals surface area contributed by atoms with E-state index in [1.165, 1.54) is 5.56 Å². The number of ether oxygens (including phenoxy) is 1. The molecule has 1 aliphatic rings. The van der Waals surface area contributed by atoms with Gasteiger partial charge in [-0.3, -0.25) is 0 Å².